The summed E-state index contributed by atoms with van der Waals surface area (Å²) in [5.41, 5.74) is 11.3. The molecule has 1 aromatic rings. The molecule has 4 nitrogen and oxygen atoms in total. The molecule has 1 aliphatic rings. The second-order valence-electron chi connectivity index (χ2n) is 4.18. The molecule has 17 heavy (non-hydrogen) atoms. The topological polar surface area (TPSA) is 67.5 Å². The van der Waals surface area contributed by atoms with Crippen molar-refractivity contribution in [1.82, 2.24) is 5.43 Å². The summed E-state index contributed by atoms with van der Waals surface area (Å²) < 4.78 is 0. The van der Waals surface area contributed by atoms with E-state index in [9.17, 15) is 4.79 Å². The van der Waals surface area contributed by atoms with E-state index in [1.54, 1.807) is 0 Å². The van der Waals surface area contributed by atoms with Crippen LogP contribution in [0.25, 0.3) is 0 Å². The number of nitrogens with one attached hydrogen (secondary N) is 1. The van der Waals surface area contributed by atoms with Crippen LogP contribution >= 0.6 is 0 Å². The van der Waals surface area contributed by atoms with Crippen LogP contribution in [0.4, 0.5) is 0 Å². The van der Waals surface area contributed by atoms with E-state index in [2.05, 4.69) is 34.8 Å². The minimum Gasteiger partial charge on any atom is -0.330 e. The van der Waals surface area contributed by atoms with Crippen LogP contribution in [0.3, 0.4) is 0 Å². The van der Waals surface area contributed by atoms with Crippen LogP contribution < -0.4 is 11.2 Å². The fourth-order valence-electron chi connectivity index (χ4n) is 1.85. The Balaban J connectivity index is 2.05. The molecule has 0 aliphatic carbocycles. The maximum atomic E-state index is 11.0. The Morgan fingerprint density at radius 2 is 2.00 bits per heavy atom. The predicted octanol–water partition coefficient (Wildman–Crippen LogP) is 1.19. The zero-order chi connectivity index (χ0) is 12.1. The zero-order valence-corrected chi connectivity index (χ0v) is 9.78. The monoisotopic (exact) mass is 231 g/mol. The summed E-state index contributed by atoms with van der Waals surface area (Å²) in [4.78, 5) is 11.0. The molecule has 0 spiro atoms. The van der Waals surface area contributed by atoms with E-state index in [0.29, 0.717) is 12.8 Å². The number of hydrogen-bond donors (Lipinski definition) is 2. The number of aryl methyl sites for hydroxylation is 1. The highest BCUT2D eigenvalue weighted by Gasteiger charge is 2.12. The third-order valence-corrected chi connectivity index (χ3v) is 2.86. The van der Waals surface area contributed by atoms with Gasteiger partial charge in [-0.05, 0) is 30.5 Å². The van der Waals surface area contributed by atoms with Gasteiger partial charge in [-0.2, -0.15) is 5.10 Å². The van der Waals surface area contributed by atoms with E-state index in [1.807, 2.05) is 0 Å². The Hall–Kier alpha value is -1.68. The van der Waals surface area contributed by atoms with E-state index in [-0.39, 0.29) is 5.91 Å². The maximum Gasteiger partial charge on any atom is 0.240 e. The summed E-state index contributed by atoms with van der Waals surface area (Å²) in [5.74, 6) is -0.00619. The van der Waals surface area contributed by atoms with Gasteiger partial charge in [0.05, 0.1) is 5.71 Å². The van der Waals surface area contributed by atoms with Crippen LogP contribution in [0.5, 0.6) is 0 Å². The summed E-state index contributed by atoms with van der Waals surface area (Å²) in [7, 11) is 0. The summed E-state index contributed by atoms with van der Waals surface area (Å²) in [6.07, 6.45) is 3.26. The highest BCUT2D eigenvalue weighted by molar-refractivity contribution is 6.04. The van der Waals surface area contributed by atoms with E-state index in [1.165, 1.54) is 5.56 Å². The second-order valence-corrected chi connectivity index (χ2v) is 4.18. The standard InChI is InChI=1S/C13H17N3O/c14-9-1-2-10-3-5-11(6-4-10)12-7-8-13(17)16-15-12/h3-6H,1-2,7-9,14H2,(H,16,17). The van der Waals surface area contributed by atoms with Crippen molar-refractivity contribution in [3.63, 3.8) is 0 Å². The van der Waals surface area contributed by atoms with Crippen LogP contribution in [-0.4, -0.2) is 18.2 Å². The zero-order valence-electron chi connectivity index (χ0n) is 9.78. The number of rotatable bonds is 4. The van der Waals surface area contributed by atoms with Gasteiger partial charge in [0.1, 0.15) is 0 Å². The van der Waals surface area contributed by atoms with Crippen molar-refractivity contribution in [3.05, 3.63) is 35.4 Å². The molecule has 3 N–H and O–H groups in total. The van der Waals surface area contributed by atoms with E-state index in [0.717, 1.165) is 30.7 Å². The van der Waals surface area contributed by atoms with Gasteiger partial charge >= 0.3 is 0 Å². The quantitative estimate of drug-likeness (QED) is 0.817. The molecule has 1 heterocycles. The molecule has 2 rings (SSSR count). The van der Waals surface area contributed by atoms with Crippen molar-refractivity contribution in [2.24, 2.45) is 10.8 Å². The van der Waals surface area contributed by atoms with Gasteiger partial charge in [-0.1, -0.05) is 24.3 Å². The lowest BCUT2D eigenvalue weighted by Gasteiger charge is -2.12. The molecule has 0 radical (unpaired) electrons. The lowest BCUT2D eigenvalue weighted by atomic mass is 10.0. The molecular formula is C13H17N3O. The van der Waals surface area contributed by atoms with Crippen molar-refractivity contribution >= 4 is 11.6 Å². The first-order valence-electron chi connectivity index (χ1n) is 5.94. The van der Waals surface area contributed by atoms with Gasteiger partial charge in [0.2, 0.25) is 5.91 Å². The number of amides is 1. The highest BCUT2D eigenvalue weighted by Crippen LogP contribution is 2.12. The Morgan fingerprint density at radius 1 is 1.24 bits per heavy atom. The van der Waals surface area contributed by atoms with Crippen molar-refractivity contribution < 1.29 is 4.79 Å². The molecular weight excluding hydrogens is 214 g/mol. The summed E-state index contributed by atoms with van der Waals surface area (Å²) in [6.45, 7) is 0.723. The molecule has 0 bridgehead atoms. The van der Waals surface area contributed by atoms with E-state index < -0.39 is 0 Å². The Morgan fingerprint density at radius 3 is 2.59 bits per heavy atom. The van der Waals surface area contributed by atoms with Gasteiger partial charge < -0.3 is 5.73 Å². The van der Waals surface area contributed by atoms with Crippen molar-refractivity contribution in [1.29, 1.82) is 0 Å². The summed E-state index contributed by atoms with van der Waals surface area (Å²) in [5, 5.41) is 4.07. The van der Waals surface area contributed by atoms with Crippen molar-refractivity contribution in [2.45, 2.75) is 25.7 Å². The van der Waals surface area contributed by atoms with E-state index in [4.69, 9.17) is 5.73 Å². The van der Waals surface area contributed by atoms with Gasteiger partial charge in [-0.25, -0.2) is 5.43 Å². The molecule has 0 saturated carbocycles. The molecule has 0 aromatic heterocycles. The van der Waals surface area contributed by atoms with Crippen LogP contribution in [-0.2, 0) is 11.2 Å². The molecule has 4 heteroatoms. The van der Waals surface area contributed by atoms with Crippen LogP contribution in [0.15, 0.2) is 29.4 Å². The second kappa shape index (κ2) is 5.59. The first-order chi connectivity index (χ1) is 8.29. The minimum atomic E-state index is -0.00619. The minimum absolute atomic E-state index is 0.00619. The third kappa shape index (κ3) is 3.14. The molecule has 1 aliphatic heterocycles. The number of nitrogens with zero attached hydrogens (tertiary/aromatic N) is 1. The normalized spacial score (nSPS) is 15.4. The van der Waals surface area contributed by atoms with Crippen LogP contribution in [0.1, 0.15) is 30.4 Å². The van der Waals surface area contributed by atoms with Gasteiger partial charge in [-0.3, -0.25) is 4.79 Å². The lowest BCUT2D eigenvalue weighted by molar-refractivity contribution is -0.121. The molecule has 1 aromatic carbocycles. The first kappa shape index (κ1) is 11.8. The largest absolute Gasteiger partial charge is 0.330 e. The van der Waals surface area contributed by atoms with Gasteiger partial charge in [0.25, 0.3) is 0 Å². The average molecular weight is 231 g/mol. The third-order valence-electron chi connectivity index (χ3n) is 2.86. The molecule has 90 valence electrons. The fourth-order valence-corrected chi connectivity index (χ4v) is 1.85. The van der Waals surface area contributed by atoms with Gasteiger partial charge in [-0.15, -0.1) is 0 Å². The first-order valence-corrected chi connectivity index (χ1v) is 5.94. The molecule has 0 fully saturated rings. The number of hydrazone groups is 1. The van der Waals surface area contributed by atoms with Gasteiger partial charge in [0, 0.05) is 12.8 Å². The Bertz CT molecular complexity index is 423. The predicted molar refractivity (Wildman–Crippen MR) is 67.7 cm³/mol. The van der Waals surface area contributed by atoms with Crippen LogP contribution in [0.2, 0.25) is 0 Å². The maximum absolute atomic E-state index is 11.0. The van der Waals surface area contributed by atoms with Crippen molar-refractivity contribution in [2.75, 3.05) is 6.54 Å². The summed E-state index contributed by atoms with van der Waals surface area (Å²) in [6, 6.07) is 8.32. The van der Waals surface area contributed by atoms with Gasteiger partial charge in [0.15, 0.2) is 0 Å². The Kier molecular flexibility index (Phi) is 3.88. The Labute approximate surface area is 101 Å². The molecule has 0 unspecified atom stereocenters. The molecule has 1 amide bonds. The number of hydrogen-bond acceptors (Lipinski definition) is 3. The number of benzene rings is 1. The fraction of sp³-hybridized carbons (Fsp3) is 0.385. The number of carbonyl (C=O) groups excluding carboxylic acids is 1. The molecule has 0 atom stereocenters. The smallest absolute Gasteiger partial charge is 0.240 e. The molecule has 0 saturated heterocycles. The summed E-state index contributed by atoms with van der Waals surface area (Å²) >= 11 is 0. The van der Waals surface area contributed by atoms with E-state index >= 15 is 0 Å². The van der Waals surface area contributed by atoms with Crippen LogP contribution in [0, 0.1) is 0 Å². The average Bonchev–Trinajstić information content (AvgIpc) is 2.38. The van der Waals surface area contributed by atoms with Crippen molar-refractivity contribution in [3.8, 4) is 0 Å². The highest BCUT2D eigenvalue weighted by atomic mass is 16.2. The SMILES string of the molecule is NCCCc1ccc(C2=NNC(=O)CC2)cc1. The lowest BCUT2D eigenvalue weighted by Crippen LogP contribution is -2.25. The number of carbonyl (C=O) groups is 1. The number of nitrogens with two attached hydrogens (primary N) is 1.